The zero-order valence-corrected chi connectivity index (χ0v) is 12.1. The van der Waals surface area contributed by atoms with Gasteiger partial charge in [-0.1, -0.05) is 5.16 Å². The van der Waals surface area contributed by atoms with Gasteiger partial charge in [0.2, 0.25) is 11.7 Å². The quantitative estimate of drug-likeness (QED) is 0.871. The molecular formula is C12H16N4O3S. The zero-order chi connectivity index (χ0) is 14.8. The number of nitrogens with two attached hydrogens (primary N) is 1. The Kier molecular flexibility index (Phi) is 4.15. The van der Waals surface area contributed by atoms with Gasteiger partial charge in [0.25, 0.3) is 0 Å². The van der Waals surface area contributed by atoms with Crippen molar-refractivity contribution in [3.63, 3.8) is 0 Å². The number of sulfone groups is 1. The molecule has 0 aliphatic heterocycles. The van der Waals surface area contributed by atoms with Crippen LogP contribution in [0.25, 0.3) is 11.4 Å². The third kappa shape index (κ3) is 3.61. The van der Waals surface area contributed by atoms with Gasteiger partial charge in [-0.05, 0) is 25.0 Å². The maximum atomic E-state index is 11.1. The van der Waals surface area contributed by atoms with E-state index in [2.05, 4.69) is 15.1 Å². The van der Waals surface area contributed by atoms with Crippen LogP contribution in [-0.2, 0) is 9.84 Å². The van der Waals surface area contributed by atoms with Gasteiger partial charge < -0.3 is 10.3 Å². The molecule has 0 spiro atoms. The molecule has 1 atom stereocenters. The molecule has 1 unspecified atom stereocenters. The van der Waals surface area contributed by atoms with E-state index in [-0.39, 0.29) is 18.1 Å². The van der Waals surface area contributed by atoms with E-state index in [9.17, 15) is 8.42 Å². The molecule has 2 rings (SSSR count). The maximum Gasteiger partial charge on any atom is 0.243 e. The summed E-state index contributed by atoms with van der Waals surface area (Å²) in [6, 6.07) is 1.25. The predicted molar refractivity (Wildman–Crippen MR) is 73.5 cm³/mol. The van der Waals surface area contributed by atoms with Crippen LogP contribution in [0.5, 0.6) is 0 Å². The van der Waals surface area contributed by atoms with Crippen LogP contribution >= 0.6 is 0 Å². The third-order valence-corrected chi connectivity index (χ3v) is 3.82. The van der Waals surface area contributed by atoms with Crippen molar-refractivity contribution in [2.24, 2.45) is 5.73 Å². The highest BCUT2D eigenvalue weighted by atomic mass is 32.2. The number of hydrogen-bond donors (Lipinski definition) is 1. The van der Waals surface area contributed by atoms with Gasteiger partial charge in [0.05, 0.1) is 11.8 Å². The monoisotopic (exact) mass is 296 g/mol. The normalized spacial score (nSPS) is 13.3. The lowest BCUT2D eigenvalue weighted by atomic mass is 10.1. The standard InChI is InChI=1S/C12H16N4O3S/c1-8-3-5-14-7-9(8)11-15-12(19-16-11)10(13)4-6-20(2,17)18/h3,5,7,10H,4,6,13H2,1-2H3. The summed E-state index contributed by atoms with van der Waals surface area (Å²) in [5.74, 6) is 0.616. The highest BCUT2D eigenvalue weighted by Gasteiger charge is 2.18. The number of aromatic nitrogens is 3. The van der Waals surface area contributed by atoms with Gasteiger partial charge in [0, 0.05) is 24.2 Å². The fourth-order valence-corrected chi connectivity index (χ4v) is 2.34. The molecule has 8 heteroatoms. The average Bonchev–Trinajstić information content (AvgIpc) is 2.85. The number of aryl methyl sites for hydroxylation is 1. The van der Waals surface area contributed by atoms with E-state index < -0.39 is 15.9 Å². The van der Waals surface area contributed by atoms with Gasteiger partial charge in [-0.3, -0.25) is 4.98 Å². The molecule has 0 aliphatic rings. The van der Waals surface area contributed by atoms with E-state index in [1.807, 2.05) is 13.0 Å². The van der Waals surface area contributed by atoms with Crippen LogP contribution in [0, 0.1) is 6.92 Å². The van der Waals surface area contributed by atoms with Crippen molar-refractivity contribution >= 4 is 9.84 Å². The van der Waals surface area contributed by atoms with Crippen molar-refractivity contribution in [1.29, 1.82) is 0 Å². The van der Waals surface area contributed by atoms with Gasteiger partial charge >= 0.3 is 0 Å². The molecule has 7 nitrogen and oxygen atoms in total. The molecule has 0 aromatic carbocycles. The Morgan fingerprint density at radius 3 is 2.85 bits per heavy atom. The Balaban J connectivity index is 2.15. The van der Waals surface area contributed by atoms with Gasteiger partial charge in [-0.15, -0.1) is 0 Å². The summed E-state index contributed by atoms with van der Waals surface area (Å²) in [5, 5.41) is 3.86. The summed E-state index contributed by atoms with van der Waals surface area (Å²) >= 11 is 0. The smallest absolute Gasteiger partial charge is 0.243 e. The van der Waals surface area contributed by atoms with Gasteiger partial charge in [-0.2, -0.15) is 4.98 Å². The Hall–Kier alpha value is -1.80. The average molecular weight is 296 g/mol. The number of rotatable bonds is 5. The fourth-order valence-electron chi connectivity index (χ4n) is 1.66. The van der Waals surface area contributed by atoms with Crippen molar-refractivity contribution in [1.82, 2.24) is 15.1 Å². The molecule has 0 saturated carbocycles. The second kappa shape index (κ2) is 5.68. The first-order valence-corrected chi connectivity index (χ1v) is 8.11. The van der Waals surface area contributed by atoms with Crippen LogP contribution in [0.15, 0.2) is 23.0 Å². The molecule has 20 heavy (non-hydrogen) atoms. The molecule has 2 heterocycles. The highest BCUT2D eigenvalue weighted by Crippen LogP contribution is 2.21. The highest BCUT2D eigenvalue weighted by molar-refractivity contribution is 7.90. The molecule has 0 bridgehead atoms. The molecule has 0 saturated heterocycles. The van der Waals surface area contributed by atoms with Crippen LogP contribution in [0.3, 0.4) is 0 Å². The summed E-state index contributed by atoms with van der Waals surface area (Å²) in [4.78, 5) is 8.22. The summed E-state index contributed by atoms with van der Waals surface area (Å²) in [5.41, 5.74) is 7.59. The van der Waals surface area contributed by atoms with Crippen molar-refractivity contribution in [2.75, 3.05) is 12.0 Å². The van der Waals surface area contributed by atoms with Crippen LogP contribution < -0.4 is 5.73 Å². The lowest BCUT2D eigenvalue weighted by molar-refractivity contribution is 0.352. The van der Waals surface area contributed by atoms with Crippen molar-refractivity contribution in [3.05, 3.63) is 29.9 Å². The van der Waals surface area contributed by atoms with Crippen molar-refractivity contribution < 1.29 is 12.9 Å². The van der Waals surface area contributed by atoms with E-state index >= 15 is 0 Å². The summed E-state index contributed by atoms with van der Waals surface area (Å²) in [6.07, 6.45) is 4.73. The summed E-state index contributed by atoms with van der Waals surface area (Å²) in [6.45, 7) is 1.91. The first-order chi connectivity index (χ1) is 9.37. The lowest BCUT2D eigenvalue weighted by Gasteiger charge is -2.04. The Morgan fingerprint density at radius 1 is 1.45 bits per heavy atom. The van der Waals surface area contributed by atoms with Gasteiger partial charge in [0.1, 0.15) is 9.84 Å². The van der Waals surface area contributed by atoms with Crippen molar-refractivity contribution in [2.45, 2.75) is 19.4 Å². The van der Waals surface area contributed by atoms with Crippen LogP contribution in [0.4, 0.5) is 0 Å². The van der Waals surface area contributed by atoms with Crippen LogP contribution in [-0.4, -0.2) is 35.6 Å². The molecule has 2 aromatic heterocycles. The molecule has 0 radical (unpaired) electrons. The molecule has 2 N–H and O–H groups in total. The molecular weight excluding hydrogens is 280 g/mol. The van der Waals surface area contributed by atoms with Crippen molar-refractivity contribution in [3.8, 4) is 11.4 Å². The predicted octanol–water partition coefficient (Wildman–Crippen LogP) is 0.875. The van der Waals surface area contributed by atoms with E-state index in [1.165, 1.54) is 0 Å². The van der Waals surface area contributed by atoms with Gasteiger partial charge in [0.15, 0.2) is 0 Å². The zero-order valence-electron chi connectivity index (χ0n) is 11.3. The number of nitrogens with zero attached hydrogens (tertiary/aromatic N) is 3. The Labute approximate surface area is 117 Å². The first kappa shape index (κ1) is 14.6. The van der Waals surface area contributed by atoms with Gasteiger partial charge in [-0.25, -0.2) is 8.42 Å². The minimum Gasteiger partial charge on any atom is -0.337 e. The second-order valence-corrected chi connectivity index (χ2v) is 6.93. The topological polar surface area (TPSA) is 112 Å². The minimum absolute atomic E-state index is 0.0161. The fraction of sp³-hybridized carbons (Fsp3) is 0.417. The number of hydrogen-bond acceptors (Lipinski definition) is 7. The minimum atomic E-state index is -3.06. The Bertz CT molecular complexity index is 696. The maximum absolute atomic E-state index is 11.1. The first-order valence-electron chi connectivity index (χ1n) is 6.05. The number of pyridine rings is 1. The summed E-state index contributed by atoms with van der Waals surface area (Å²) in [7, 11) is -3.06. The van der Waals surface area contributed by atoms with Crippen LogP contribution in [0.2, 0.25) is 0 Å². The Morgan fingerprint density at radius 2 is 2.20 bits per heavy atom. The van der Waals surface area contributed by atoms with E-state index in [0.29, 0.717) is 5.82 Å². The van der Waals surface area contributed by atoms with E-state index in [0.717, 1.165) is 17.4 Å². The molecule has 2 aromatic rings. The summed E-state index contributed by atoms with van der Waals surface area (Å²) < 4.78 is 27.3. The van der Waals surface area contributed by atoms with E-state index in [1.54, 1.807) is 12.4 Å². The molecule has 108 valence electrons. The van der Waals surface area contributed by atoms with Crippen LogP contribution in [0.1, 0.15) is 23.9 Å². The molecule has 0 aliphatic carbocycles. The molecule has 0 amide bonds. The second-order valence-electron chi connectivity index (χ2n) is 4.67. The SMILES string of the molecule is Cc1ccncc1-c1noc(C(N)CCS(C)(=O)=O)n1. The largest absolute Gasteiger partial charge is 0.337 e. The lowest BCUT2D eigenvalue weighted by Crippen LogP contribution is -2.16. The molecule has 0 fully saturated rings. The van der Waals surface area contributed by atoms with E-state index in [4.69, 9.17) is 10.3 Å². The third-order valence-electron chi connectivity index (χ3n) is 2.84.